The molecule has 0 aromatic heterocycles. The van der Waals surface area contributed by atoms with Crippen LogP contribution in [0, 0.1) is 0 Å². The first-order valence-corrected chi connectivity index (χ1v) is 7.05. The number of hydrogen-bond acceptors (Lipinski definition) is 2. The van der Waals surface area contributed by atoms with E-state index in [1.165, 1.54) is 0 Å². The lowest BCUT2D eigenvalue weighted by Crippen LogP contribution is -2.01. The van der Waals surface area contributed by atoms with Crippen molar-refractivity contribution < 1.29 is 8.95 Å². The summed E-state index contributed by atoms with van der Waals surface area (Å²) >= 11 is 3.33. The lowest BCUT2D eigenvalue weighted by atomic mass is 10.3. The molecular formula is C10H13BrO2S. The molecule has 4 heteroatoms. The fourth-order valence-corrected chi connectivity index (χ4v) is 1.95. The fourth-order valence-electron chi connectivity index (χ4n) is 1.04. The second-order valence-corrected chi connectivity index (χ2v) is 4.93. The highest BCUT2D eigenvalue weighted by molar-refractivity contribution is 9.09. The number of alkyl halides is 1. The summed E-state index contributed by atoms with van der Waals surface area (Å²) in [5.74, 6) is 0.731. The van der Waals surface area contributed by atoms with E-state index in [4.69, 9.17) is 4.74 Å². The first-order chi connectivity index (χ1) is 6.75. The van der Waals surface area contributed by atoms with Gasteiger partial charge in [0.2, 0.25) is 0 Å². The Balaban J connectivity index is 2.69. The van der Waals surface area contributed by atoms with Crippen molar-refractivity contribution in [2.75, 3.05) is 18.2 Å². The highest BCUT2D eigenvalue weighted by Gasteiger charge is 2.05. The van der Waals surface area contributed by atoms with Gasteiger partial charge in [-0.15, -0.1) is 0 Å². The van der Waals surface area contributed by atoms with Gasteiger partial charge < -0.3 is 4.74 Å². The van der Waals surface area contributed by atoms with Crippen LogP contribution >= 0.6 is 15.9 Å². The van der Waals surface area contributed by atoms with Crippen molar-refractivity contribution in [3.63, 3.8) is 0 Å². The summed E-state index contributed by atoms with van der Waals surface area (Å²) in [6.07, 6.45) is 2.61. The average molecular weight is 277 g/mol. The first kappa shape index (κ1) is 11.7. The number of ether oxygens (including phenoxy) is 1. The molecule has 1 aromatic rings. The Morgan fingerprint density at radius 1 is 1.43 bits per heavy atom. The summed E-state index contributed by atoms with van der Waals surface area (Å²) in [4.78, 5) is 0.766. The van der Waals surface area contributed by atoms with Gasteiger partial charge >= 0.3 is 0 Å². The molecule has 0 N–H and O–H groups in total. The number of para-hydroxylation sites is 1. The Labute approximate surface area is 95.2 Å². The lowest BCUT2D eigenvalue weighted by molar-refractivity contribution is 0.311. The summed E-state index contributed by atoms with van der Waals surface area (Å²) in [6.45, 7) is 0.652. The van der Waals surface area contributed by atoms with Crippen molar-refractivity contribution in [1.82, 2.24) is 0 Å². The van der Waals surface area contributed by atoms with E-state index < -0.39 is 10.8 Å². The smallest absolute Gasteiger partial charge is 0.135 e. The maximum atomic E-state index is 11.3. The Hall–Kier alpha value is -0.350. The molecule has 1 aromatic carbocycles. The molecule has 0 amide bonds. The zero-order valence-electron chi connectivity index (χ0n) is 8.03. The average Bonchev–Trinajstić information content (AvgIpc) is 2.19. The quantitative estimate of drug-likeness (QED) is 0.611. The summed E-state index contributed by atoms with van der Waals surface area (Å²) in [5.41, 5.74) is 0. The van der Waals surface area contributed by atoms with Crippen LogP contribution in [0.2, 0.25) is 0 Å². The second kappa shape index (κ2) is 6.19. The largest absolute Gasteiger partial charge is 0.492 e. The predicted molar refractivity (Wildman–Crippen MR) is 62.7 cm³/mol. The van der Waals surface area contributed by atoms with E-state index in [-0.39, 0.29) is 0 Å². The van der Waals surface area contributed by atoms with Gasteiger partial charge in [0.1, 0.15) is 5.75 Å². The molecule has 1 rings (SSSR count). The molecule has 14 heavy (non-hydrogen) atoms. The molecule has 0 radical (unpaired) electrons. The van der Waals surface area contributed by atoms with Gasteiger partial charge in [-0.3, -0.25) is 4.21 Å². The molecule has 0 saturated heterocycles. The van der Waals surface area contributed by atoms with Crippen LogP contribution in [-0.4, -0.2) is 22.4 Å². The van der Waals surface area contributed by atoms with E-state index in [1.807, 2.05) is 24.3 Å². The fraction of sp³-hybridized carbons (Fsp3) is 0.400. The first-order valence-electron chi connectivity index (χ1n) is 4.37. The maximum Gasteiger partial charge on any atom is 0.135 e. The van der Waals surface area contributed by atoms with E-state index in [0.29, 0.717) is 6.61 Å². The van der Waals surface area contributed by atoms with Crippen LogP contribution in [0.25, 0.3) is 0 Å². The summed E-state index contributed by atoms with van der Waals surface area (Å²) < 4.78 is 16.8. The molecule has 1 atom stereocenters. The molecule has 2 nitrogen and oxygen atoms in total. The standard InChI is InChI=1S/C10H13BrO2S/c1-14(12)10-6-3-2-5-9(10)13-8-4-7-11/h2-3,5-6H,4,7-8H2,1H3. The summed E-state index contributed by atoms with van der Waals surface area (Å²) in [7, 11) is -0.983. The van der Waals surface area contributed by atoms with Gasteiger partial charge in [0.15, 0.2) is 0 Å². The number of benzene rings is 1. The third kappa shape index (κ3) is 3.42. The van der Waals surface area contributed by atoms with Crippen LogP contribution in [0.3, 0.4) is 0 Å². The predicted octanol–water partition coefficient (Wildman–Crippen LogP) is 2.59. The zero-order valence-corrected chi connectivity index (χ0v) is 10.4. The third-order valence-electron chi connectivity index (χ3n) is 1.69. The van der Waals surface area contributed by atoms with Crippen LogP contribution in [0.5, 0.6) is 5.75 Å². The normalized spacial score (nSPS) is 12.4. The maximum absolute atomic E-state index is 11.3. The molecule has 0 fully saturated rings. The van der Waals surface area contributed by atoms with Crippen molar-refractivity contribution in [2.24, 2.45) is 0 Å². The van der Waals surface area contributed by atoms with Crippen LogP contribution < -0.4 is 4.74 Å². The van der Waals surface area contributed by atoms with Crippen LogP contribution in [-0.2, 0) is 10.8 Å². The SMILES string of the molecule is CS(=O)c1ccccc1OCCCBr. The van der Waals surface area contributed by atoms with E-state index in [0.717, 1.165) is 22.4 Å². The van der Waals surface area contributed by atoms with E-state index in [2.05, 4.69) is 15.9 Å². The van der Waals surface area contributed by atoms with Crippen molar-refractivity contribution in [1.29, 1.82) is 0 Å². The van der Waals surface area contributed by atoms with Crippen LogP contribution in [0.4, 0.5) is 0 Å². The topological polar surface area (TPSA) is 26.3 Å². The van der Waals surface area contributed by atoms with Crippen molar-refractivity contribution >= 4 is 26.7 Å². The van der Waals surface area contributed by atoms with Gasteiger partial charge in [0, 0.05) is 11.6 Å². The zero-order chi connectivity index (χ0) is 10.4. The Morgan fingerprint density at radius 3 is 2.79 bits per heavy atom. The Morgan fingerprint density at radius 2 is 2.14 bits per heavy atom. The molecule has 0 heterocycles. The number of hydrogen-bond donors (Lipinski definition) is 0. The highest BCUT2D eigenvalue weighted by atomic mass is 79.9. The van der Waals surface area contributed by atoms with E-state index in [9.17, 15) is 4.21 Å². The van der Waals surface area contributed by atoms with Gasteiger partial charge in [0.25, 0.3) is 0 Å². The number of halogens is 1. The van der Waals surface area contributed by atoms with Crippen molar-refractivity contribution in [3.05, 3.63) is 24.3 Å². The van der Waals surface area contributed by atoms with Gasteiger partial charge in [-0.1, -0.05) is 28.1 Å². The van der Waals surface area contributed by atoms with Gasteiger partial charge in [-0.2, -0.15) is 0 Å². The van der Waals surface area contributed by atoms with Crippen LogP contribution in [0.15, 0.2) is 29.2 Å². The molecule has 0 saturated carbocycles. The van der Waals surface area contributed by atoms with Gasteiger partial charge in [-0.05, 0) is 18.6 Å². The minimum atomic E-state index is -0.983. The highest BCUT2D eigenvalue weighted by Crippen LogP contribution is 2.20. The van der Waals surface area contributed by atoms with Crippen molar-refractivity contribution in [3.8, 4) is 5.75 Å². The third-order valence-corrected chi connectivity index (χ3v) is 3.21. The molecule has 0 aliphatic carbocycles. The van der Waals surface area contributed by atoms with Gasteiger partial charge in [0.05, 0.1) is 22.3 Å². The Bertz CT molecular complexity index is 315. The van der Waals surface area contributed by atoms with Crippen molar-refractivity contribution in [2.45, 2.75) is 11.3 Å². The van der Waals surface area contributed by atoms with E-state index >= 15 is 0 Å². The monoisotopic (exact) mass is 276 g/mol. The second-order valence-electron chi connectivity index (χ2n) is 2.79. The molecule has 0 aliphatic rings. The molecular weight excluding hydrogens is 264 g/mol. The minimum Gasteiger partial charge on any atom is -0.492 e. The summed E-state index contributed by atoms with van der Waals surface area (Å²) in [5, 5.41) is 0.921. The molecule has 0 aliphatic heterocycles. The van der Waals surface area contributed by atoms with Gasteiger partial charge in [-0.25, -0.2) is 0 Å². The lowest BCUT2D eigenvalue weighted by Gasteiger charge is -2.08. The molecule has 78 valence electrons. The molecule has 0 bridgehead atoms. The Kier molecular flexibility index (Phi) is 5.19. The number of rotatable bonds is 5. The molecule has 1 unspecified atom stereocenters. The van der Waals surface area contributed by atoms with E-state index in [1.54, 1.807) is 6.26 Å². The van der Waals surface area contributed by atoms with Crippen LogP contribution in [0.1, 0.15) is 6.42 Å². The minimum absolute atomic E-state index is 0.652. The molecule has 0 spiro atoms. The summed E-state index contributed by atoms with van der Waals surface area (Å²) in [6, 6.07) is 7.44.